The summed E-state index contributed by atoms with van der Waals surface area (Å²) in [5.74, 6) is -0.152. The van der Waals surface area contributed by atoms with E-state index in [9.17, 15) is 4.79 Å². The SMILES string of the molecule is CNC(=O)c1ccccn1.c1ccc2ccccc2c1. The lowest BCUT2D eigenvalue weighted by atomic mass is 10.1. The molecule has 3 aromatic rings. The molecule has 0 unspecified atom stereocenters. The van der Waals surface area contributed by atoms with Gasteiger partial charge in [0, 0.05) is 13.2 Å². The van der Waals surface area contributed by atoms with Crippen LogP contribution in [0, 0.1) is 0 Å². The van der Waals surface area contributed by atoms with Crippen LogP contribution in [0.4, 0.5) is 0 Å². The second kappa shape index (κ2) is 7.04. The Morgan fingerprint density at radius 3 is 1.75 bits per heavy atom. The van der Waals surface area contributed by atoms with Gasteiger partial charge in [0.05, 0.1) is 0 Å². The molecule has 100 valence electrons. The number of hydrogen-bond acceptors (Lipinski definition) is 2. The van der Waals surface area contributed by atoms with Gasteiger partial charge in [-0.2, -0.15) is 0 Å². The fraction of sp³-hybridized carbons (Fsp3) is 0.0588. The summed E-state index contributed by atoms with van der Waals surface area (Å²) in [7, 11) is 1.58. The molecular weight excluding hydrogens is 248 g/mol. The standard InChI is InChI=1S/C10H8.C7H8N2O/c1-2-6-10-8-4-3-7-9(10)5-1;1-8-7(10)6-4-2-3-5-9-6/h1-8H;2-5H,1H3,(H,8,10). The summed E-state index contributed by atoms with van der Waals surface area (Å²) < 4.78 is 0. The van der Waals surface area contributed by atoms with Gasteiger partial charge in [-0.1, -0.05) is 54.6 Å². The maximum Gasteiger partial charge on any atom is 0.269 e. The van der Waals surface area contributed by atoms with Gasteiger partial charge in [-0.3, -0.25) is 9.78 Å². The van der Waals surface area contributed by atoms with Gasteiger partial charge >= 0.3 is 0 Å². The zero-order valence-corrected chi connectivity index (χ0v) is 11.3. The number of nitrogens with one attached hydrogen (secondary N) is 1. The topological polar surface area (TPSA) is 42.0 Å². The Hall–Kier alpha value is -2.68. The Bertz CT molecular complexity index is 615. The fourth-order valence-electron chi connectivity index (χ4n) is 1.76. The number of nitrogens with zero attached hydrogens (tertiary/aromatic N) is 1. The summed E-state index contributed by atoms with van der Waals surface area (Å²) in [6.45, 7) is 0. The van der Waals surface area contributed by atoms with Gasteiger partial charge in [0.2, 0.25) is 0 Å². The summed E-state index contributed by atoms with van der Waals surface area (Å²) in [6, 6.07) is 21.9. The Labute approximate surface area is 118 Å². The van der Waals surface area contributed by atoms with E-state index >= 15 is 0 Å². The van der Waals surface area contributed by atoms with Crippen molar-refractivity contribution < 1.29 is 4.79 Å². The molecule has 0 atom stereocenters. The van der Waals surface area contributed by atoms with E-state index in [0.29, 0.717) is 5.69 Å². The molecule has 0 spiro atoms. The third-order valence-electron chi connectivity index (χ3n) is 2.78. The van der Waals surface area contributed by atoms with E-state index in [4.69, 9.17) is 0 Å². The smallest absolute Gasteiger partial charge is 0.269 e. The number of fused-ring (bicyclic) bond motifs is 1. The molecule has 0 saturated heterocycles. The Morgan fingerprint density at radius 2 is 1.35 bits per heavy atom. The molecule has 0 radical (unpaired) electrons. The largest absolute Gasteiger partial charge is 0.354 e. The Morgan fingerprint density at radius 1 is 0.850 bits per heavy atom. The van der Waals surface area contributed by atoms with Crippen molar-refractivity contribution in [1.82, 2.24) is 10.3 Å². The maximum absolute atomic E-state index is 10.8. The van der Waals surface area contributed by atoms with Crippen molar-refractivity contribution >= 4 is 16.7 Å². The van der Waals surface area contributed by atoms with Crippen molar-refractivity contribution in [3.63, 3.8) is 0 Å². The van der Waals surface area contributed by atoms with Gasteiger partial charge < -0.3 is 5.32 Å². The molecule has 2 aromatic carbocycles. The summed E-state index contributed by atoms with van der Waals surface area (Å²) in [4.78, 5) is 14.7. The van der Waals surface area contributed by atoms with Crippen LogP contribution in [0.5, 0.6) is 0 Å². The van der Waals surface area contributed by atoms with Crippen LogP contribution in [-0.4, -0.2) is 17.9 Å². The Kier molecular flexibility index (Phi) is 4.84. The molecule has 1 heterocycles. The average molecular weight is 264 g/mol. The van der Waals surface area contributed by atoms with Crippen molar-refractivity contribution in [2.45, 2.75) is 0 Å². The van der Waals surface area contributed by atoms with E-state index in [-0.39, 0.29) is 5.91 Å². The highest BCUT2D eigenvalue weighted by molar-refractivity contribution is 5.91. The van der Waals surface area contributed by atoms with E-state index in [1.165, 1.54) is 10.8 Å². The highest BCUT2D eigenvalue weighted by atomic mass is 16.1. The molecule has 0 aliphatic carbocycles. The minimum Gasteiger partial charge on any atom is -0.354 e. The molecule has 0 fully saturated rings. The number of carbonyl (C=O) groups is 1. The van der Waals surface area contributed by atoms with Crippen molar-refractivity contribution in [3.8, 4) is 0 Å². The average Bonchev–Trinajstić information content (AvgIpc) is 2.55. The van der Waals surface area contributed by atoms with Gasteiger partial charge in [-0.05, 0) is 22.9 Å². The van der Waals surface area contributed by atoms with Gasteiger partial charge in [0.15, 0.2) is 0 Å². The third kappa shape index (κ3) is 3.65. The van der Waals surface area contributed by atoms with E-state index in [2.05, 4.69) is 58.8 Å². The number of pyridine rings is 1. The fourth-order valence-corrected chi connectivity index (χ4v) is 1.76. The van der Waals surface area contributed by atoms with Crippen LogP contribution >= 0.6 is 0 Å². The molecule has 20 heavy (non-hydrogen) atoms. The molecule has 3 rings (SSSR count). The van der Waals surface area contributed by atoms with E-state index < -0.39 is 0 Å². The van der Waals surface area contributed by atoms with E-state index in [1.807, 2.05) is 0 Å². The Balaban J connectivity index is 0.000000147. The number of benzene rings is 2. The first-order valence-electron chi connectivity index (χ1n) is 6.38. The van der Waals surface area contributed by atoms with Crippen molar-refractivity contribution in [3.05, 3.63) is 78.6 Å². The lowest BCUT2D eigenvalue weighted by molar-refractivity contribution is 0.0958. The van der Waals surface area contributed by atoms with Crippen molar-refractivity contribution in [1.29, 1.82) is 0 Å². The zero-order valence-electron chi connectivity index (χ0n) is 11.3. The molecular formula is C17H16N2O. The molecule has 3 heteroatoms. The minimum atomic E-state index is -0.152. The minimum absolute atomic E-state index is 0.152. The van der Waals surface area contributed by atoms with Crippen LogP contribution < -0.4 is 5.32 Å². The molecule has 0 bridgehead atoms. The number of aromatic nitrogens is 1. The first-order chi connectivity index (χ1) is 9.81. The van der Waals surface area contributed by atoms with Gasteiger partial charge in [0.25, 0.3) is 5.91 Å². The second-order valence-corrected chi connectivity index (χ2v) is 4.14. The molecule has 1 amide bonds. The van der Waals surface area contributed by atoms with E-state index in [1.54, 1.807) is 31.4 Å². The third-order valence-corrected chi connectivity index (χ3v) is 2.78. The molecule has 1 N–H and O–H groups in total. The van der Waals surface area contributed by atoms with Crippen molar-refractivity contribution in [2.75, 3.05) is 7.05 Å². The summed E-state index contributed by atoms with van der Waals surface area (Å²) >= 11 is 0. The van der Waals surface area contributed by atoms with Crippen LogP contribution in [0.15, 0.2) is 72.9 Å². The maximum atomic E-state index is 10.8. The molecule has 3 nitrogen and oxygen atoms in total. The van der Waals surface area contributed by atoms with Crippen LogP contribution in [0.1, 0.15) is 10.5 Å². The second-order valence-electron chi connectivity index (χ2n) is 4.14. The molecule has 0 aliphatic heterocycles. The quantitative estimate of drug-likeness (QED) is 0.733. The summed E-state index contributed by atoms with van der Waals surface area (Å²) in [5, 5.41) is 5.10. The predicted octanol–water partition coefficient (Wildman–Crippen LogP) is 3.28. The first-order valence-corrected chi connectivity index (χ1v) is 6.38. The monoisotopic (exact) mass is 264 g/mol. The number of carbonyl (C=O) groups excluding carboxylic acids is 1. The van der Waals surface area contributed by atoms with Crippen LogP contribution in [0.2, 0.25) is 0 Å². The van der Waals surface area contributed by atoms with E-state index in [0.717, 1.165) is 0 Å². The first kappa shape index (κ1) is 13.7. The summed E-state index contributed by atoms with van der Waals surface area (Å²) in [6.07, 6.45) is 1.59. The van der Waals surface area contributed by atoms with Crippen LogP contribution in [0.3, 0.4) is 0 Å². The van der Waals surface area contributed by atoms with Gasteiger partial charge in [0.1, 0.15) is 5.69 Å². The molecule has 1 aromatic heterocycles. The number of hydrogen-bond donors (Lipinski definition) is 1. The lowest BCUT2D eigenvalue weighted by Crippen LogP contribution is -2.18. The predicted molar refractivity (Wildman–Crippen MR) is 81.6 cm³/mol. The van der Waals surface area contributed by atoms with Crippen LogP contribution in [-0.2, 0) is 0 Å². The normalized spacial score (nSPS) is 9.45. The van der Waals surface area contributed by atoms with Gasteiger partial charge in [-0.15, -0.1) is 0 Å². The molecule has 0 saturated carbocycles. The summed E-state index contributed by atoms with van der Waals surface area (Å²) in [5.41, 5.74) is 0.449. The van der Waals surface area contributed by atoms with Gasteiger partial charge in [-0.25, -0.2) is 0 Å². The molecule has 0 aliphatic rings. The highest BCUT2D eigenvalue weighted by Gasteiger charge is 2.00. The lowest BCUT2D eigenvalue weighted by Gasteiger charge is -1.94. The zero-order chi connectivity index (χ0) is 14.2. The van der Waals surface area contributed by atoms with Crippen molar-refractivity contribution in [2.24, 2.45) is 0 Å². The number of amides is 1. The van der Waals surface area contributed by atoms with Crippen LogP contribution in [0.25, 0.3) is 10.8 Å². The highest BCUT2D eigenvalue weighted by Crippen LogP contribution is 2.11. The number of rotatable bonds is 1.